The van der Waals surface area contributed by atoms with Gasteiger partial charge in [-0.05, 0) is 50.3 Å². The molecule has 2 heterocycles. The van der Waals surface area contributed by atoms with Gasteiger partial charge in [0.15, 0.2) is 0 Å². The third-order valence-electron chi connectivity index (χ3n) is 4.96. The highest BCUT2D eigenvalue weighted by Crippen LogP contribution is 2.25. The van der Waals surface area contributed by atoms with E-state index in [-0.39, 0.29) is 5.92 Å². The summed E-state index contributed by atoms with van der Waals surface area (Å²) in [5.41, 5.74) is 1.25. The molecule has 4 heteroatoms. The molecule has 0 spiro atoms. The van der Waals surface area contributed by atoms with Gasteiger partial charge in [-0.2, -0.15) is 0 Å². The van der Waals surface area contributed by atoms with Crippen molar-refractivity contribution < 1.29 is 4.79 Å². The average Bonchev–Trinajstić information content (AvgIpc) is 3.04. The average molecular weight is 313 g/mol. The summed E-state index contributed by atoms with van der Waals surface area (Å²) in [4.78, 5) is 21.2. The van der Waals surface area contributed by atoms with E-state index in [9.17, 15) is 4.79 Å². The van der Waals surface area contributed by atoms with Crippen LogP contribution < -0.4 is 0 Å². The lowest BCUT2D eigenvalue weighted by atomic mass is 9.93. The number of carbonyl (C=O) groups is 1. The van der Waals surface area contributed by atoms with Crippen molar-refractivity contribution >= 4 is 5.91 Å². The van der Waals surface area contributed by atoms with Crippen LogP contribution in [0.2, 0.25) is 0 Å². The van der Waals surface area contributed by atoms with E-state index in [1.807, 2.05) is 18.5 Å². The fourth-order valence-corrected chi connectivity index (χ4v) is 3.77. The van der Waals surface area contributed by atoms with Crippen LogP contribution in [0.3, 0.4) is 0 Å². The van der Waals surface area contributed by atoms with Gasteiger partial charge >= 0.3 is 0 Å². The summed E-state index contributed by atoms with van der Waals surface area (Å²) in [7, 11) is 2.16. The summed E-state index contributed by atoms with van der Waals surface area (Å²) in [5.74, 6) is 1.21. The van der Waals surface area contributed by atoms with Crippen molar-refractivity contribution in [2.45, 2.75) is 32.2 Å². The SMILES string of the molecule is CN(Cc1cccnc1)C[C@H]1CCN(C(=O)[C@H]2CC=CCC2)C1. The zero-order chi connectivity index (χ0) is 16.1. The fraction of sp³-hybridized carbons (Fsp3) is 0.579. The number of allylic oxidation sites excluding steroid dienone is 2. The van der Waals surface area contributed by atoms with E-state index in [2.05, 4.69) is 40.0 Å². The number of likely N-dealkylation sites (tertiary alicyclic amines) is 1. The summed E-state index contributed by atoms with van der Waals surface area (Å²) in [5, 5.41) is 0. The summed E-state index contributed by atoms with van der Waals surface area (Å²) < 4.78 is 0. The molecule has 0 bridgehead atoms. The van der Waals surface area contributed by atoms with E-state index in [1.165, 1.54) is 5.56 Å². The van der Waals surface area contributed by atoms with Crippen molar-refractivity contribution in [3.8, 4) is 0 Å². The molecule has 3 rings (SSSR count). The molecule has 0 N–H and O–H groups in total. The standard InChI is InChI=1S/C19H27N3O/c1-21(13-16-6-5-10-20-12-16)14-17-9-11-22(15-17)19(23)18-7-3-2-4-8-18/h2-3,5-6,10,12,17-18H,4,7-9,11,13-15H2,1H3/t17-,18+/m1/s1. The van der Waals surface area contributed by atoms with Crippen LogP contribution in [0.1, 0.15) is 31.2 Å². The zero-order valence-electron chi connectivity index (χ0n) is 14.0. The van der Waals surface area contributed by atoms with Crippen LogP contribution in [0.15, 0.2) is 36.7 Å². The lowest BCUT2D eigenvalue weighted by Crippen LogP contribution is -2.36. The van der Waals surface area contributed by atoms with E-state index in [0.29, 0.717) is 11.8 Å². The first kappa shape index (κ1) is 16.2. The molecule has 1 aromatic rings. The highest BCUT2D eigenvalue weighted by molar-refractivity contribution is 5.79. The van der Waals surface area contributed by atoms with Crippen LogP contribution in [0.25, 0.3) is 0 Å². The van der Waals surface area contributed by atoms with Gasteiger partial charge in [0.2, 0.25) is 5.91 Å². The summed E-state index contributed by atoms with van der Waals surface area (Å²) in [6.45, 7) is 3.83. The van der Waals surface area contributed by atoms with Crippen LogP contribution in [0, 0.1) is 11.8 Å². The number of carbonyl (C=O) groups excluding carboxylic acids is 1. The van der Waals surface area contributed by atoms with Gasteiger partial charge in [0.05, 0.1) is 0 Å². The van der Waals surface area contributed by atoms with Gasteiger partial charge in [-0.25, -0.2) is 0 Å². The molecule has 23 heavy (non-hydrogen) atoms. The minimum atomic E-state index is 0.229. The van der Waals surface area contributed by atoms with Gasteiger partial charge in [0.25, 0.3) is 0 Å². The Morgan fingerprint density at radius 2 is 2.30 bits per heavy atom. The molecule has 1 aromatic heterocycles. The topological polar surface area (TPSA) is 36.4 Å². The number of hydrogen-bond acceptors (Lipinski definition) is 3. The van der Waals surface area contributed by atoms with E-state index in [1.54, 1.807) is 0 Å². The van der Waals surface area contributed by atoms with Gasteiger partial charge in [-0.15, -0.1) is 0 Å². The quantitative estimate of drug-likeness (QED) is 0.784. The van der Waals surface area contributed by atoms with Gasteiger partial charge < -0.3 is 9.80 Å². The number of rotatable bonds is 5. The largest absolute Gasteiger partial charge is 0.342 e. The molecule has 2 aliphatic rings. The van der Waals surface area contributed by atoms with Crippen molar-refractivity contribution in [3.63, 3.8) is 0 Å². The minimum Gasteiger partial charge on any atom is -0.342 e. The first-order valence-corrected chi connectivity index (χ1v) is 8.73. The van der Waals surface area contributed by atoms with E-state index in [4.69, 9.17) is 0 Å². The van der Waals surface area contributed by atoms with Crippen molar-refractivity contribution in [1.29, 1.82) is 0 Å². The molecular formula is C19H27N3O. The van der Waals surface area contributed by atoms with Crippen molar-refractivity contribution in [2.75, 3.05) is 26.7 Å². The highest BCUT2D eigenvalue weighted by atomic mass is 16.2. The summed E-state index contributed by atoms with van der Waals surface area (Å²) in [6, 6.07) is 4.10. The molecule has 0 saturated carbocycles. The van der Waals surface area contributed by atoms with Crippen LogP contribution in [-0.4, -0.2) is 47.4 Å². The number of aromatic nitrogens is 1. The van der Waals surface area contributed by atoms with Gasteiger partial charge in [-0.3, -0.25) is 9.78 Å². The maximum absolute atomic E-state index is 12.6. The van der Waals surface area contributed by atoms with Crippen molar-refractivity contribution in [2.24, 2.45) is 11.8 Å². The molecule has 1 aliphatic heterocycles. The van der Waals surface area contributed by atoms with E-state index < -0.39 is 0 Å². The van der Waals surface area contributed by atoms with Crippen LogP contribution >= 0.6 is 0 Å². The Morgan fingerprint density at radius 3 is 3.04 bits per heavy atom. The monoisotopic (exact) mass is 313 g/mol. The molecule has 1 amide bonds. The van der Waals surface area contributed by atoms with Gasteiger partial charge in [-0.1, -0.05) is 18.2 Å². The number of pyridine rings is 1. The molecule has 2 atom stereocenters. The normalized spacial score (nSPS) is 24.3. The molecule has 4 nitrogen and oxygen atoms in total. The van der Waals surface area contributed by atoms with Crippen molar-refractivity contribution in [1.82, 2.24) is 14.8 Å². The predicted molar refractivity (Wildman–Crippen MR) is 91.7 cm³/mol. The number of amides is 1. The first-order chi connectivity index (χ1) is 11.2. The van der Waals surface area contributed by atoms with Crippen LogP contribution in [0.4, 0.5) is 0 Å². The molecule has 124 valence electrons. The molecule has 1 aliphatic carbocycles. The van der Waals surface area contributed by atoms with Gasteiger partial charge in [0, 0.05) is 44.5 Å². The maximum Gasteiger partial charge on any atom is 0.226 e. The molecule has 0 aromatic carbocycles. The Kier molecular flexibility index (Phi) is 5.44. The molecule has 0 unspecified atom stereocenters. The second-order valence-corrected chi connectivity index (χ2v) is 6.98. The van der Waals surface area contributed by atoms with Crippen LogP contribution in [0.5, 0.6) is 0 Å². The molecule has 1 saturated heterocycles. The Labute approximate surface area is 139 Å². The number of nitrogens with zero attached hydrogens (tertiary/aromatic N) is 3. The van der Waals surface area contributed by atoms with Crippen LogP contribution in [-0.2, 0) is 11.3 Å². The Hall–Kier alpha value is -1.68. The molecule has 0 radical (unpaired) electrons. The fourth-order valence-electron chi connectivity index (χ4n) is 3.77. The lowest BCUT2D eigenvalue weighted by Gasteiger charge is -2.25. The smallest absolute Gasteiger partial charge is 0.226 e. The Morgan fingerprint density at radius 1 is 1.39 bits per heavy atom. The molecular weight excluding hydrogens is 286 g/mol. The lowest BCUT2D eigenvalue weighted by molar-refractivity contribution is -0.134. The second kappa shape index (κ2) is 7.73. The predicted octanol–water partition coefficient (Wildman–Crippen LogP) is 2.72. The Bertz CT molecular complexity index is 543. The third kappa shape index (κ3) is 4.41. The first-order valence-electron chi connectivity index (χ1n) is 8.73. The molecule has 1 fully saturated rings. The highest BCUT2D eigenvalue weighted by Gasteiger charge is 2.31. The Balaban J connectivity index is 1.46. The second-order valence-electron chi connectivity index (χ2n) is 6.98. The summed E-state index contributed by atoms with van der Waals surface area (Å²) in [6.07, 6.45) is 12.2. The minimum absolute atomic E-state index is 0.229. The zero-order valence-corrected chi connectivity index (χ0v) is 14.0. The van der Waals surface area contributed by atoms with Crippen molar-refractivity contribution in [3.05, 3.63) is 42.2 Å². The van der Waals surface area contributed by atoms with E-state index in [0.717, 1.165) is 51.9 Å². The maximum atomic E-state index is 12.6. The third-order valence-corrected chi connectivity index (χ3v) is 4.96. The summed E-state index contributed by atoms with van der Waals surface area (Å²) >= 11 is 0. The number of hydrogen-bond donors (Lipinski definition) is 0. The van der Waals surface area contributed by atoms with Gasteiger partial charge in [0.1, 0.15) is 0 Å². The van der Waals surface area contributed by atoms with E-state index >= 15 is 0 Å².